The van der Waals surface area contributed by atoms with E-state index < -0.39 is 0 Å². The molecule has 0 aliphatic rings. The Morgan fingerprint density at radius 3 is 2.77 bits per heavy atom. The highest BCUT2D eigenvalue weighted by Gasteiger charge is 2.14. The minimum Gasteiger partial charge on any atom is -0.312 e. The number of hydrogen-bond acceptors (Lipinski definition) is 2. The molecule has 0 aromatic carbocycles. The van der Waals surface area contributed by atoms with Crippen molar-refractivity contribution in [2.24, 2.45) is 0 Å². The Hall–Kier alpha value is -1.14. The number of halogens is 1. The van der Waals surface area contributed by atoms with Crippen molar-refractivity contribution in [3.05, 3.63) is 34.2 Å². The number of hydrogen-bond donors (Lipinski definition) is 0. The second-order valence-electron chi connectivity index (χ2n) is 3.00. The van der Waals surface area contributed by atoms with E-state index in [1.165, 1.54) is 6.33 Å². The van der Waals surface area contributed by atoms with Gasteiger partial charge in [-0.1, -0.05) is 25.4 Å². The Morgan fingerprint density at radius 2 is 2.23 bits per heavy atom. The molecule has 0 saturated carbocycles. The van der Waals surface area contributed by atoms with Gasteiger partial charge in [-0.3, -0.25) is 0 Å². The predicted octanol–water partition coefficient (Wildman–Crippen LogP) is 2.67. The minimum atomic E-state index is 0.257. The van der Waals surface area contributed by atoms with Crippen LogP contribution in [0.2, 0.25) is 5.15 Å². The fourth-order valence-electron chi connectivity index (χ4n) is 1.13. The molecule has 0 amide bonds. The lowest BCUT2D eigenvalue weighted by molar-refractivity contribution is 0.794. The average molecular weight is 196 g/mol. The fraction of sp³-hybridized carbons (Fsp3) is 0.444. The molecule has 0 spiro atoms. The highest BCUT2D eigenvalue weighted by molar-refractivity contribution is 6.30. The molecular weight excluding hydrogens is 186 g/mol. The Bertz CT molecular complexity index is 341. The molecule has 68 valence electrons. The zero-order valence-electron chi connectivity index (χ0n) is 7.58. The Kier molecular flexibility index (Phi) is 3.21. The minimum absolute atomic E-state index is 0.257. The van der Waals surface area contributed by atoms with Crippen LogP contribution in [0, 0.1) is 6.57 Å². The summed E-state index contributed by atoms with van der Waals surface area (Å²) in [4.78, 5) is 11.3. The van der Waals surface area contributed by atoms with Crippen LogP contribution in [0.4, 0.5) is 0 Å². The van der Waals surface area contributed by atoms with Crippen LogP contribution >= 0.6 is 11.6 Å². The van der Waals surface area contributed by atoms with Crippen LogP contribution < -0.4 is 0 Å². The molecule has 13 heavy (non-hydrogen) atoms. The fourth-order valence-corrected chi connectivity index (χ4v) is 1.33. The van der Waals surface area contributed by atoms with Gasteiger partial charge in [0.25, 0.3) is 0 Å². The van der Waals surface area contributed by atoms with Crippen molar-refractivity contribution in [3.63, 3.8) is 0 Å². The molecule has 1 aromatic heterocycles. The quantitative estimate of drug-likeness (QED) is 0.537. The van der Waals surface area contributed by atoms with Crippen LogP contribution in [-0.2, 0) is 6.54 Å². The summed E-state index contributed by atoms with van der Waals surface area (Å²) < 4.78 is 0. The maximum Gasteiger partial charge on any atom is 0.244 e. The van der Waals surface area contributed by atoms with Crippen molar-refractivity contribution >= 4 is 11.6 Å². The van der Waals surface area contributed by atoms with E-state index in [9.17, 15) is 0 Å². The van der Waals surface area contributed by atoms with Gasteiger partial charge in [0.15, 0.2) is 0 Å². The first-order valence-electron chi connectivity index (χ1n) is 3.99. The molecule has 0 atom stereocenters. The lowest BCUT2D eigenvalue weighted by Crippen LogP contribution is -2.01. The van der Waals surface area contributed by atoms with Crippen LogP contribution in [0.5, 0.6) is 0 Å². The first-order chi connectivity index (χ1) is 6.16. The second-order valence-corrected chi connectivity index (χ2v) is 3.36. The highest BCUT2D eigenvalue weighted by Crippen LogP contribution is 2.22. The van der Waals surface area contributed by atoms with E-state index in [1.54, 1.807) is 0 Å². The van der Waals surface area contributed by atoms with Crippen molar-refractivity contribution in [1.29, 1.82) is 0 Å². The van der Waals surface area contributed by atoms with Crippen LogP contribution in [0.3, 0.4) is 0 Å². The van der Waals surface area contributed by atoms with Crippen LogP contribution in [-0.4, -0.2) is 9.97 Å². The van der Waals surface area contributed by atoms with Gasteiger partial charge in [-0.25, -0.2) is 16.5 Å². The predicted molar refractivity (Wildman–Crippen MR) is 51.4 cm³/mol. The van der Waals surface area contributed by atoms with Gasteiger partial charge in [-0.2, -0.15) is 0 Å². The standard InChI is InChI=1S/C9H10ClN3/c1-6(2)8-7(4-11-3)9(10)13-5-12-8/h5-6H,4H2,1-2H3. The lowest BCUT2D eigenvalue weighted by Gasteiger charge is -2.07. The third-order valence-electron chi connectivity index (χ3n) is 1.71. The largest absolute Gasteiger partial charge is 0.312 e. The molecule has 0 bridgehead atoms. The van der Waals surface area contributed by atoms with Crippen molar-refractivity contribution in [1.82, 2.24) is 9.97 Å². The SMILES string of the molecule is [C-]#[N+]Cc1c(Cl)ncnc1C(C)C. The summed E-state index contributed by atoms with van der Waals surface area (Å²) in [6.07, 6.45) is 1.44. The Morgan fingerprint density at radius 1 is 1.54 bits per heavy atom. The molecular formula is C9H10ClN3. The maximum atomic E-state index is 6.79. The summed E-state index contributed by atoms with van der Waals surface area (Å²) in [7, 11) is 0. The van der Waals surface area contributed by atoms with Crippen LogP contribution in [0.1, 0.15) is 31.0 Å². The van der Waals surface area contributed by atoms with Crippen LogP contribution in [0.25, 0.3) is 4.85 Å². The molecule has 1 heterocycles. The van der Waals surface area contributed by atoms with E-state index in [2.05, 4.69) is 14.8 Å². The first kappa shape index (κ1) is 9.94. The molecule has 0 N–H and O–H groups in total. The smallest absolute Gasteiger partial charge is 0.244 e. The molecule has 0 radical (unpaired) electrons. The molecule has 0 unspecified atom stereocenters. The Labute approximate surface area is 82.6 Å². The summed E-state index contributed by atoms with van der Waals surface area (Å²) in [5.74, 6) is 0.275. The van der Waals surface area contributed by atoms with Gasteiger partial charge in [-0.15, -0.1) is 0 Å². The third kappa shape index (κ3) is 2.16. The van der Waals surface area contributed by atoms with Gasteiger partial charge < -0.3 is 4.85 Å². The van der Waals surface area contributed by atoms with Crippen molar-refractivity contribution in [3.8, 4) is 0 Å². The zero-order chi connectivity index (χ0) is 9.84. The second kappa shape index (κ2) is 4.20. The van der Waals surface area contributed by atoms with E-state index in [-0.39, 0.29) is 12.5 Å². The van der Waals surface area contributed by atoms with E-state index in [4.69, 9.17) is 18.2 Å². The summed E-state index contributed by atoms with van der Waals surface area (Å²) in [6, 6.07) is 0. The van der Waals surface area contributed by atoms with E-state index in [0.717, 1.165) is 11.3 Å². The summed E-state index contributed by atoms with van der Waals surface area (Å²) in [6.45, 7) is 11.1. The summed E-state index contributed by atoms with van der Waals surface area (Å²) in [5.41, 5.74) is 1.63. The van der Waals surface area contributed by atoms with Crippen molar-refractivity contribution in [2.45, 2.75) is 26.3 Å². The van der Waals surface area contributed by atoms with Gasteiger partial charge in [0, 0.05) is 0 Å². The summed E-state index contributed by atoms with van der Waals surface area (Å²) in [5, 5.41) is 0.398. The molecule has 0 saturated heterocycles. The van der Waals surface area contributed by atoms with Crippen LogP contribution in [0.15, 0.2) is 6.33 Å². The number of rotatable bonds is 2. The summed E-state index contributed by atoms with van der Waals surface area (Å²) >= 11 is 5.86. The van der Waals surface area contributed by atoms with E-state index in [0.29, 0.717) is 5.15 Å². The molecule has 0 aliphatic carbocycles. The first-order valence-corrected chi connectivity index (χ1v) is 4.37. The molecule has 0 aliphatic heterocycles. The molecule has 0 fully saturated rings. The normalized spacial score (nSPS) is 10.1. The van der Waals surface area contributed by atoms with Gasteiger partial charge in [-0.05, 0) is 5.92 Å². The molecule has 1 aromatic rings. The zero-order valence-corrected chi connectivity index (χ0v) is 8.34. The van der Waals surface area contributed by atoms with Gasteiger partial charge in [0.05, 0.1) is 11.3 Å². The van der Waals surface area contributed by atoms with Gasteiger partial charge in [0.2, 0.25) is 6.54 Å². The van der Waals surface area contributed by atoms with Gasteiger partial charge in [0.1, 0.15) is 11.5 Å². The van der Waals surface area contributed by atoms with E-state index in [1.807, 2.05) is 13.8 Å². The number of nitrogens with zero attached hydrogens (tertiary/aromatic N) is 3. The third-order valence-corrected chi connectivity index (χ3v) is 2.04. The molecule has 1 rings (SSSR count). The monoisotopic (exact) mass is 195 g/mol. The number of aromatic nitrogens is 2. The average Bonchev–Trinajstić information content (AvgIpc) is 2.08. The highest BCUT2D eigenvalue weighted by atomic mass is 35.5. The Balaban J connectivity index is 3.19. The van der Waals surface area contributed by atoms with Crippen molar-refractivity contribution in [2.75, 3.05) is 0 Å². The maximum absolute atomic E-state index is 6.79. The van der Waals surface area contributed by atoms with Crippen molar-refractivity contribution < 1.29 is 0 Å². The molecule has 3 nitrogen and oxygen atoms in total. The topological polar surface area (TPSA) is 30.1 Å². The lowest BCUT2D eigenvalue weighted by atomic mass is 10.1. The molecule has 4 heteroatoms. The van der Waals surface area contributed by atoms with E-state index >= 15 is 0 Å². The van der Waals surface area contributed by atoms with Gasteiger partial charge >= 0.3 is 0 Å².